The van der Waals surface area contributed by atoms with Crippen molar-refractivity contribution < 1.29 is 4.74 Å². The molecule has 0 atom stereocenters. The van der Waals surface area contributed by atoms with Crippen molar-refractivity contribution in [2.45, 2.75) is 4.90 Å². The maximum Gasteiger partial charge on any atom is 0.120 e. The van der Waals surface area contributed by atoms with Crippen LogP contribution in [0.1, 0.15) is 0 Å². The Hall–Kier alpha value is -1.65. The van der Waals surface area contributed by atoms with Crippen LogP contribution in [-0.4, -0.2) is 50.5 Å². The fourth-order valence-electron chi connectivity index (χ4n) is 2.85. The molecule has 0 saturated carbocycles. The number of methoxy groups -OCH3 is 1. The molecule has 0 bridgehead atoms. The summed E-state index contributed by atoms with van der Waals surface area (Å²) in [5.74, 6) is 2.09. The molecule has 0 spiro atoms. The quantitative estimate of drug-likeness (QED) is 0.753. The molecule has 3 nitrogen and oxygen atoms in total. The van der Waals surface area contributed by atoms with Crippen LogP contribution >= 0.6 is 11.8 Å². The van der Waals surface area contributed by atoms with Gasteiger partial charge in [0.1, 0.15) is 5.75 Å². The lowest BCUT2D eigenvalue weighted by molar-refractivity contribution is 0.273. The first-order valence-electron chi connectivity index (χ1n) is 8.14. The molecule has 2 aromatic carbocycles. The largest absolute Gasteiger partial charge is 0.497 e. The third kappa shape index (κ3) is 4.66. The van der Waals surface area contributed by atoms with Gasteiger partial charge in [-0.2, -0.15) is 0 Å². The average Bonchev–Trinajstić information content (AvgIpc) is 2.63. The summed E-state index contributed by atoms with van der Waals surface area (Å²) in [5.41, 5.74) is 1.27. The van der Waals surface area contributed by atoms with Crippen LogP contribution in [0.25, 0.3) is 0 Å². The summed E-state index contributed by atoms with van der Waals surface area (Å²) in [6, 6.07) is 19.0. The van der Waals surface area contributed by atoms with Gasteiger partial charge in [-0.25, -0.2) is 0 Å². The molecule has 1 fully saturated rings. The lowest BCUT2D eigenvalue weighted by atomic mass is 10.2. The van der Waals surface area contributed by atoms with Crippen molar-refractivity contribution in [3.05, 3.63) is 54.6 Å². The molecule has 0 aromatic heterocycles. The molecule has 0 radical (unpaired) electrons. The van der Waals surface area contributed by atoms with Gasteiger partial charge in [-0.1, -0.05) is 24.3 Å². The lowest BCUT2D eigenvalue weighted by Gasteiger charge is -2.36. The van der Waals surface area contributed by atoms with Gasteiger partial charge in [-0.15, -0.1) is 11.8 Å². The summed E-state index contributed by atoms with van der Waals surface area (Å²) in [7, 11) is 1.72. The summed E-state index contributed by atoms with van der Waals surface area (Å²) in [6.45, 7) is 5.59. The number of ether oxygens (including phenoxy) is 1. The van der Waals surface area contributed by atoms with Gasteiger partial charge in [-0.05, 0) is 24.3 Å². The topological polar surface area (TPSA) is 15.7 Å². The van der Waals surface area contributed by atoms with E-state index in [0.29, 0.717) is 0 Å². The van der Waals surface area contributed by atoms with Crippen molar-refractivity contribution in [3.63, 3.8) is 0 Å². The van der Waals surface area contributed by atoms with Crippen LogP contribution in [0.15, 0.2) is 59.5 Å². The molecule has 23 heavy (non-hydrogen) atoms. The molecule has 122 valence electrons. The third-order valence-electron chi connectivity index (χ3n) is 4.21. The van der Waals surface area contributed by atoms with Crippen LogP contribution in [0.3, 0.4) is 0 Å². The number of anilines is 1. The minimum Gasteiger partial charge on any atom is -0.497 e. The van der Waals surface area contributed by atoms with Crippen LogP contribution in [0, 0.1) is 0 Å². The van der Waals surface area contributed by atoms with E-state index in [-0.39, 0.29) is 0 Å². The average molecular weight is 328 g/mol. The second-order valence-corrected chi connectivity index (χ2v) is 6.86. The van der Waals surface area contributed by atoms with E-state index in [1.807, 2.05) is 17.8 Å². The Labute approximate surface area is 143 Å². The third-order valence-corrected chi connectivity index (χ3v) is 5.20. The van der Waals surface area contributed by atoms with Crippen molar-refractivity contribution >= 4 is 17.4 Å². The van der Waals surface area contributed by atoms with Crippen molar-refractivity contribution in [3.8, 4) is 5.75 Å². The summed E-state index contributed by atoms with van der Waals surface area (Å²) in [5, 5.41) is 0. The van der Waals surface area contributed by atoms with E-state index in [2.05, 4.69) is 58.3 Å². The van der Waals surface area contributed by atoms with Gasteiger partial charge in [-0.3, -0.25) is 4.90 Å². The van der Waals surface area contributed by atoms with Gasteiger partial charge in [0.05, 0.1) is 7.11 Å². The predicted octanol–water partition coefficient (Wildman–Crippen LogP) is 3.61. The molecule has 1 heterocycles. The Balaban J connectivity index is 1.43. The first kappa shape index (κ1) is 16.2. The summed E-state index contributed by atoms with van der Waals surface area (Å²) >= 11 is 1.94. The number of hydrogen-bond donors (Lipinski definition) is 0. The smallest absolute Gasteiger partial charge is 0.120 e. The molecule has 1 saturated heterocycles. The molecule has 0 amide bonds. The van der Waals surface area contributed by atoms with Crippen LogP contribution in [-0.2, 0) is 0 Å². The minimum atomic E-state index is 0.934. The predicted molar refractivity (Wildman–Crippen MR) is 98.8 cm³/mol. The molecular formula is C19H24N2OS. The molecule has 1 aliphatic rings. The fraction of sp³-hybridized carbons (Fsp3) is 0.368. The zero-order valence-corrected chi connectivity index (χ0v) is 14.5. The van der Waals surface area contributed by atoms with E-state index < -0.39 is 0 Å². The Morgan fingerprint density at radius 1 is 0.957 bits per heavy atom. The van der Waals surface area contributed by atoms with E-state index in [1.54, 1.807) is 7.11 Å². The normalized spacial score (nSPS) is 15.6. The van der Waals surface area contributed by atoms with Crippen LogP contribution in [0.5, 0.6) is 5.75 Å². The Morgan fingerprint density at radius 2 is 1.74 bits per heavy atom. The first-order valence-corrected chi connectivity index (χ1v) is 9.13. The highest BCUT2D eigenvalue weighted by Gasteiger charge is 2.17. The zero-order valence-electron chi connectivity index (χ0n) is 13.6. The first-order chi connectivity index (χ1) is 11.3. The number of piperazine rings is 1. The molecular weight excluding hydrogens is 304 g/mol. The fourth-order valence-corrected chi connectivity index (χ4v) is 3.78. The van der Waals surface area contributed by atoms with Crippen LogP contribution in [0.4, 0.5) is 5.69 Å². The van der Waals surface area contributed by atoms with Crippen molar-refractivity contribution in [1.29, 1.82) is 0 Å². The highest BCUT2D eigenvalue weighted by atomic mass is 32.2. The Bertz CT molecular complexity index is 597. The van der Waals surface area contributed by atoms with E-state index in [1.165, 1.54) is 10.6 Å². The van der Waals surface area contributed by atoms with Gasteiger partial charge in [0.15, 0.2) is 0 Å². The maximum atomic E-state index is 5.32. The second kappa shape index (κ2) is 8.27. The highest BCUT2D eigenvalue weighted by Crippen LogP contribution is 2.22. The number of benzene rings is 2. The van der Waals surface area contributed by atoms with E-state index in [9.17, 15) is 0 Å². The molecule has 4 heteroatoms. The van der Waals surface area contributed by atoms with Crippen LogP contribution < -0.4 is 9.64 Å². The van der Waals surface area contributed by atoms with Gasteiger partial charge < -0.3 is 9.64 Å². The molecule has 3 rings (SSSR count). The van der Waals surface area contributed by atoms with Gasteiger partial charge in [0.25, 0.3) is 0 Å². The van der Waals surface area contributed by atoms with Crippen molar-refractivity contribution in [2.75, 3.05) is 50.5 Å². The molecule has 1 aliphatic heterocycles. The number of thioether (sulfide) groups is 1. The van der Waals surface area contributed by atoms with E-state index in [0.717, 1.165) is 44.2 Å². The van der Waals surface area contributed by atoms with Gasteiger partial charge in [0, 0.05) is 55.1 Å². The Kier molecular flexibility index (Phi) is 5.83. The highest BCUT2D eigenvalue weighted by molar-refractivity contribution is 7.99. The number of hydrogen-bond acceptors (Lipinski definition) is 4. The van der Waals surface area contributed by atoms with E-state index >= 15 is 0 Å². The SMILES string of the molecule is COc1cccc(N2CCN(CCSc3ccccc3)CC2)c1. The molecule has 0 N–H and O–H groups in total. The molecule has 2 aromatic rings. The standard InChI is InChI=1S/C19H24N2OS/c1-22-18-7-5-6-17(16-18)21-12-10-20(11-13-21)14-15-23-19-8-3-2-4-9-19/h2-9,16H,10-15H2,1H3. The number of rotatable bonds is 6. The maximum absolute atomic E-state index is 5.32. The molecule has 0 unspecified atom stereocenters. The summed E-state index contributed by atoms with van der Waals surface area (Å²) in [4.78, 5) is 6.37. The summed E-state index contributed by atoms with van der Waals surface area (Å²) in [6.07, 6.45) is 0. The van der Waals surface area contributed by atoms with Gasteiger partial charge in [0.2, 0.25) is 0 Å². The Morgan fingerprint density at radius 3 is 2.48 bits per heavy atom. The van der Waals surface area contributed by atoms with Crippen LogP contribution in [0.2, 0.25) is 0 Å². The minimum absolute atomic E-state index is 0.934. The van der Waals surface area contributed by atoms with Gasteiger partial charge >= 0.3 is 0 Å². The molecule has 0 aliphatic carbocycles. The van der Waals surface area contributed by atoms with E-state index in [4.69, 9.17) is 4.74 Å². The number of nitrogens with zero attached hydrogens (tertiary/aromatic N) is 2. The monoisotopic (exact) mass is 328 g/mol. The van der Waals surface area contributed by atoms with Crippen molar-refractivity contribution in [1.82, 2.24) is 4.90 Å². The lowest BCUT2D eigenvalue weighted by Crippen LogP contribution is -2.47. The van der Waals surface area contributed by atoms with Crippen molar-refractivity contribution in [2.24, 2.45) is 0 Å². The second-order valence-electron chi connectivity index (χ2n) is 5.69. The summed E-state index contributed by atoms with van der Waals surface area (Å²) < 4.78 is 5.32. The zero-order chi connectivity index (χ0) is 15.9.